The summed E-state index contributed by atoms with van der Waals surface area (Å²) in [6.07, 6.45) is 6.75. The number of carbonyl (C=O) groups excluding carboxylic acids is 1. The molecule has 1 atom stereocenters. The fourth-order valence-corrected chi connectivity index (χ4v) is 6.37. The number of hydrogen-bond donors (Lipinski definition) is 0. The first-order valence-corrected chi connectivity index (χ1v) is 14.5. The van der Waals surface area contributed by atoms with Gasteiger partial charge in [-0.2, -0.15) is 0 Å². The molecule has 2 aromatic heterocycles. The topological polar surface area (TPSA) is 59.3 Å². The number of anilines is 1. The van der Waals surface area contributed by atoms with Gasteiger partial charge in [-0.15, -0.1) is 0 Å². The lowest BCUT2D eigenvalue weighted by atomic mass is 9.93. The molecule has 4 aromatic rings. The van der Waals surface area contributed by atoms with Gasteiger partial charge in [-0.1, -0.05) is 24.3 Å². The van der Waals surface area contributed by atoms with Crippen molar-refractivity contribution in [2.45, 2.75) is 38.1 Å². The Morgan fingerprint density at radius 3 is 2.68 bits per heavy atom. The number of aromatic nitrogens is 2. The molecule has 0 radical (unpaired) electrons. The Bertz CT molecular complexity index is 1610. The number of benzene rings is 2. The lowest BCUT2D eigenvalue weighted by molar-refractivity contribution is -0.0461. The zero-order chi connectivity index (χ0) is 28.1. The molecule has 0 bridgehead atoms. The van der Waals surface area contributed by atoms with Crippen LogP contribution in [0.4, 0.5) is 10.1 Å². The summed E-state index contributed by atoms with van der Waals surface area (Å²) in [5.41, 5.74) is 6.98. The SMILES string of the molecule is COCOCC1CN(c2ccc(-c3cn4cc(C(=O)N5CCc6ccccc6[C@H]5C)cc(C5CC5)c4n3)c(F)c2)C1. The van der Waals surface area contributed by atoms with Crippen LogP contribution in [-0.2, 0) is 15.9 Å². The van der Waals surface area contributed by atoms with Crippen LogP contribution in [0.1, 0.15) is 58.8 Å². The summed E-state index contributed by atoms with van der Waals surface area (Å²) in [5, 5.41) is 0. The molecule has 2 aliphatic heterocycles. The van der Waals surface area contributed by atoms with E-state index in [0.717, 1.165) is 49.2 Å². The van der Waals surface area contributed by atoms with Gasteiger partial charge >= 0.3 is 0 Å². The number of fused-ring (bicyclic) bond motifs is 2. The maximum absolute atomic E-state index is 15.4. The molecule has 0 spiro atoms. The van der Waals surface area contributed by atoms with Crippen molar-refractivity contribution in [2.24, 2.45) is 5.92 Å². The molecule has 3 aliphatic rings. The van der Waals surface area contributed by atoms with E-state index < -0.39 is 0 Å². The Kier molecular flexibility index (Phi) is 6.75. The number of halogens is 1. The van der Waals surface area contributed by atoms with Gasteiger partial charge in [0.05, 0.1) is 23.9 Å². The van der Waals surface area contributed by atoms with Crippen molar-refractivity contribution in [3.63, 3.8) is 0 Å². The van der Waals surface area contributed by atoms with Gasteiger partial charge in [0.1, 0.15) is 18.3 Å². The van der Waals surface area contributed by atoms with Crippen LogP contribution in [0.2, 0.25) is 0 Å². The second-order valence-electron chi connectivity index (χ2n) is 11.7. The second kappa shape index (κ2) is 10.6. The molecule has 2 aromatic carbocycles. The molecule has 7 nitrogen and oxygen atoms in total. The molecule has 2 fully saturated rings. The van der Waals surface area contributed by atoms with Crippen molar-refractivity contribution >= 4 is 17.2 Å². The van der Waals surface area contributed by atoms with Crippen molar-refractivity contribution in [3.05, 3.63) is 89.0 Å². The minimum atomic E-state index is -0.296. The van der Waals surface area contributed by atoms with E-state index in [0.29, 0.717) is 48.6 Å². The Labute approximate surface area is 239 Å². The summed E-state index contributed by atoms with van der Waals surface area (Å²) in [6.45, 7) is 5.40. The zero-order valence-electron chi connectivity index (χ0n) is 23.6. The van der Waals surface area contributed by atoms with Crippen LogP contribution in [0.15, 0.2) is 60.9 Å². The van der Waals surface area contributed by atoms with E-state index in [1.54, 1.807) is 13.2 Å². The Balaban J connectivity index is 1.14. The van der Waals surface area contributed by atoms with Crippen molar-refractivity contribution in [3.8, 4) is 11.3 Å². The summed E-state index contributed by atoms with van der Waals surface area (Å²) in [6, 6.07) is 15.8. The van der Waals surface area contributed by atoms with Gasteiger partial charge in [0.2, 0.25) is 0 Å². The zero-order valence-corrected chi connectivity index (χ0v) is 23.6. The first-order chi connectivity index (χ1) is 20.0. The fourth-order valence-electron chi connectivity index (χ4n) is 6.37. The van der Waals surface area contributed by atoms with Crippen molar-refractivity contribution in [1.82, 2.24) is 14.3 Å². The maximum atomic E-state index is 15.4. The summed E-state index contributed by atoms with van der Waals surface area (Å²) in [5.74, 6) is 0.545. The average molecular weight is 555 g/mol. The number of hydrogen-bond acceptors (Lipinski definition) is 5. The maximum Gasteiger partial charge on any atom is 0.255 e. The molecule has 41 heavy (non-hydrogen) atoms. The van der Waals surface area contributed by atoms with E-state index in [4.69, 9.17) is 14.5 Å². The predicted octanol–water partition coefficient (Wildman–Crippen LogP) is 5.83. The normalized spacial score (nSPS) is 19.0. The highest BCUT2D eigenvalue weighted by Gasteiger charge is 2.32. The van der Waals surface area contributed by atoms with Crippen LogP contribution in [0, 0.1) is 11.7 Å². The summed E-state index contributed by atoms with van der Waals surface area (Å²) < 4.78 is 27.8. The van der Waals surface area contributed by atoms with E-state index in [1.165, 1.54) is 11.1 Å². The first kappa shape index (κ1) is 26.2. The Morgan fingerprint density at radius 1 is 1.07 bits per heavy atom. The van der Waals surface area contributed by atoms with Gasteiger partial charge < -0.3 is 23.7 Å². The molecular formula is C33H35FN4O3. The lowest BCUT2D eigenvalue weighted by Crippen LogP contribution is -2.48. The summed E-state index contributed by atoms with van der Waals surface area (Å²) >= 11 is 0. The number of carbonyl (C=O) groups is 1. The number of rotatable bonds is 8. The highest BCUT2D eigenvalue weighted by atomic mass is 19.1. The minimum absolute atomic E-state index is 0.0121. The van der Waals surface area contributed by atoms with E-state index in [1.807, 2.05) is 46.0 Å². The van der Waals surface area contributed by atoms with Gasteiger partial charge in [0.25, 0.3) is 5.91 Å². The molecule has 1 aliphatic carbocycles. The third kappa shape index (κ3) is 4.89. The number of imidazole rings is 1. The van der Waals surface area contributed by atoms with Crippen LogP contribution >= 0.6 is 0 Å². The molecule has 0 unspecified atom stereocenters. The van der Waals surface area contributed by atoms with Gasteiger partial charge in [0, 0.05) is 56.3 Å². The molecule has 1 saturated heterocycles. The molecule has 1 amide bonds. The van der Waals surface area contributed by atoms with E-state index in [-0.39, 0.29) is 17.8 Å². The highest BCUT2D eigenvalue weighted by molar-refractivity contribution is 5.95. The molecular weight excluding hydrogens is 519 g/mol. The molecule has 1 saturated carbocycles. The first-order valence-electron chi connectivity index (χ1n) is 14.5. The Hall–Kier alpha value is -3.75. The molecule has 0 N–H and O–H groups in total. The highest BCUT2D eigenvalue weighted by Crippen LogP contribution is 2.43. The van der Waals surface area contributed by atoms with Crippen LogP contribution in [0.5, 0.6) is 0 Å². The van der Waals surface area contributed by atoms with Crippen LogP contribution in [0.25, 0.3) is 16.9 Å². The lowest BCUT2D eigenvalue weighted by Gasteiger charge is -2.41. The van der Waals surface area contributed by atoms with Gasteiger partial charge in [-0.3, -0.25) is 4.79 Å². The molecule has 4 heterocycles. The van der Waals surface area contributed by atoms with Gasteiger partial charge in [-0.05, 0) is 73.1 Å². The molecule has 8 heteroatoms. The predicted molar refractivity (Wildman–Crippen MR) is 156 cm³/mol. The van der Waals surface area contributed by atoms with Gasteiger partial charge in [-0.25, -0.2) is 9.37 Å². The van der Waals surface area contributed by atoms with Crippen LogP contribution < -0.4 is 4.90 Å². The number of methoxy groups -OCH3 is 1. The average Bonchev–Trinajstić information content (AvgIpc) is 3.72. The van der Waals surface area contributed by atoms with E-state index >= 15 is 4.39 Å². The number of amides is 1. The fraction of sp³-hybridized carbons (Fsp3) is 0.394. The number of ether oxygens (including phenoxy) is 2. The van der Waals surface area contributed by atoms with Crippen molar-refractivity contribution in [1.29, 1.82) is 0 Å². The quantitative estimate of drug-likeness (QED) is 0.203. The molecule has 212 valence electrons. The largest absolute Gasteiger partial charge is 0.371 e. The number of nitrogens with zero attached hydrogens (tertiary/aromatic N) is 4. The Morgan fingerprint density at radius 2 is 1.90 bits per heavy atom. The summed E-state index contributed by atoms with van der Waals surface area (Å²) in [7, 11) is 1.61. The smallest absolute Gasteiger partial charge is 0.255 e. The van der Waals surface area contributed by atoms with E-state index in [9.17, 15) is 4.79 Å². The monoisotopic (exact) mass is 554 g/mol. The van der Waals surface area contributed by atoms with Crippen LogP contribution in [0.3, 0.4) is 0 Å². The second-order valence-corrected chi connectivity index (χ2v) is 11.7. The van der Waals surface area contributed by atoms with Crippen LogP contribution in [-0.4, -0.2) is 60.3 Å². The third-order valence-corrected chi connectivity index (χ3v) is 8.81. The number of pyridine rings is 1. The van der Waals surface area contributed by atoms with E-state index in [2.05, 4.69) is 30.0 Å². The minimum Gasteiger partial charge on any atom is -0.371 e. The third-order valence-electron chi connectivity index (χ3n) is 8.81. The van der Waals surface area contributed by atoms with Gasteiger partial charge in [0.15, 0.2) is 0 Å². The van der Waals surface area contributed by atoms with Crippen molar-refractivity contribution < 1.29 is 18.7 Å². The molecule has 7 rings (SSSR count). The standard InChI is InChI=1S/C33H35FN4O3/c1-21-27-6-4-3-5-23(27)11-12-38(21)33(39)25-13-29(24-7-8-24)32-35-31(18-37(32)17-25)28-10-9-26(14-30(28)34)36-15-22(16-36)19-41-20-40-2/h3-6,9-10,13-14,17-18,21-22,24H,7-8,11-12,15-16,19-20H2,1-2H3/t21-/m1/s1. The van der Waals surface area contributed by atoms with Crippen molar-refractivity contribution in [2.75, 3.05) is 45.0 Å². The summed E-state index contributed by atoms with van der Waals surface area (Å²) in [4.78, 5) is 22.8.